The van der Waals surface area contributed by atoms with Gasteiger partial charge in [0.1, 0.15) is 0 Å². The fourth-order valence-corrected chi connectivity index (χ4v) is 2.78. The topological polar surface area (TPSA) is 63.2 Å². The predicted octanol–water partition coefficient (Wildman–Crippen LogP) is 2.95. The average Bonchev–Trinajstić information content (AvgIpc) is 2.86. The van der Waals surface area contributed by atoms with Gasteiger partial charge in [0.05, 0.1) is 22.4 Å². The van der Waals surface area contributed by atoms with Crippen molar-refractivity contribution in [3.05, 3.63) is 36.4 Å². The van der Waals surface area contributed by atoms with E-state index >= 15 is 0 Å². The number of fused-ring (bicyclic) bond motifs is 1. The molecule has 0 radical (unpaired) electrons. The van der Waals surface area contributed by atoms with Gasteiger partial charge in [0.25, 0.3) is 0 Å². The maximum absolute atomic E-state index is 11.7. The molecule has 0 aliphatic heterocycles. The van der Waals surface area contributed by atoms with Crippen LogP contribution in [-0.4, -0.2) is 29.2 Å². The molecule has 21 heavy (non-hydrogen) atoms. The van der Waals surface area contributed by atoms with Crippen LogP contribution in [0.15, 0.2) is 30.9 Å². The van der Waals surface area contributed by atoms with Gasteiger partial charge in [0, 0.05) is 6.54 Å². The van der Waals surface area contributed by atoms with Gasteiger partial charge in [-0.25, -0.2) is 9.78 Å². The number of rotatable bonds is 5. The lowest BCUT2D eigenvalue weighted by Gasteiger charge is -2.04. The highest BCUT2D eigenvalue weighted by Crippen LogP contribution is 2.27. The van der Waals surface area contributed by atoms with Gasteiger partial charge in [-0.1, -0.05) is 17.4 Å². The fourth-order valence-electron chi connectivity index (χ4n) is 1.63. The Morgan fingerprint density at radius 1 is 1.57 bits per heavy atom. The molecule has 0 spiro atoms. The fraction of sp³-hybridized carbons (Fsp3) is 0.214. The molecule has 0 unspecified atom stereocenters. The van der Waals surface area contributed by atoms with Crippen LogP contribution in [0.3, 0.4) is 0 Å². The van der Waals surface area contributed by atoms with Crippen molar-refractivity contribution in [2.24, 2.45) is 0 Å². The molecule has 0 saturated heterocycles. The molecule has 0 atom stereocenters. The van der Waals surface area contributed by atoms with Crippen LogP contribution in [-0.2, 0) is 4.74 Å². The molecule has 2 rings (SSSR count). The molecule has 0 bridgehead atoms. The second kappa shape index (κ2) is 7.14. The van der Waals surface area contributed by atoms with Gasteiger partial charge in [0.15, 0.2) is 10.2 Å². The number of ether oxygens (including phenoxy) is 1. The summed E-state index contributed by atoms with van der Waals surface area (Å²) in [5.41, 5.74) is 1.33. The molecule has 7 heteroatoms. The second-order valence-corrected chi connectivity index (χ2v) is 5.48. The third kappa shape index (κ3) is 3.99. The number of hydrogen-bond donors (Lipinski definition) is 2. The number of esters is 1. The minimum absolute atomic E-state index is 0.328. The van der Waals surface area contributed by atoms with E-state index in [1.54, 1.807) is 31.2 Å². The Bertz CT molecular complexity index is 682. The van der Waals surface area contributed by atoms with Gasteiger partial charge in [0.2, 0.25) is 0 Å². The summed E-state index contributed by atoms with van der Waals surface area (Å²) in [6, 6.07) is 5.28. The highest BCUT2D eigenvalue weighted by atomic mass is 32.1. The second-order valence-electron chi connectivity index (χ2n) is 4.05. The van der Waals surface area contributed by atoms with E-state index in [0.717, 1.165) is 10.2 Å². The summed E-state index contributed by atoms with van der Waals surface area (Å²) in [5, 5.41) is 7.13. The molecule has 5 nitrogen and oxygen atoms in total. The van der Waals surface area contributed by atoms with Gasteiger partial charge >= 0.3 is 5.97 Å². The van der Waals surface area contributed by atoms with Gasteiger partial charge in [-0.15, -0.1) is 6.58 Å². The van der Waals surface area contributed by atoms with E-state index in [1.807, 2.05) is 0 Å². The van der Waals surface area contributed by atoms with Crippen molar-refractivity contribution in [2.45, 2.75) is 6.92 Å². The normalized spacial score (nSPS) is 10.1. The first-order valence-electron chi connectivity index (χ1n) is 6.37. The molecule has 0 fully saturated rings. The lowest BCUT2D eigenvalue weighted by molar-refractivity contribution is 0.0526. The smallest absolute Gasteiger partial charge is 0.338 e. The third-order valence-electron chi connectivity index (χ3n) is 2.53. The molecule has 0 aliphatic carbocycles. The zero-order valence-electron chi connectivity index (χ0n) is 11.5. The summed E-state index contributed by atoms with van der Waals surface area (Å²) in [7, 11) is 0. The molecule has 2 aromatic rings. The molecule has 1 aromatic carbocycles. The van der Waals surface area contributed by atoms with E-state index in [0.29, 0.717) is 29.0 Å². The molecule has 110 valence electrons. The predicted molar refractivity (Wildman–Crippen MR) is 90.0 cm³/mol. The van der Waals surface area contributed by atoms with Crippen LogP contribution in [0.2, 0.25) is 0 Å². The van der Waals surface area contributed by atoms with E-state index in [9.17, 15) is 4.79 Å². The Kier molecular flexibility index (Phi) is 5.24. The van der Waals surface area contributed by atoms with Gasteiger partial charge in [-0.05, 0) is 37.3 Å². The number of carbonyl (C=O) groups is 1. The minimum Gasteiger partial charge on any atom is -0.462 e. The summed E-state index contributed by atoms with van der Waals surface area (Å²) in [6.45, 7) is 6.33. The molecule has 1 aromatic heterocycles. The summed E-state index contributed by atoms with van der Waals surface area (Å²) >= 11 is 6.56. The summed E-state index contributed by atoms with van der Waals surface area (Å²) in [5.74, 6) is -0.328. The zero-order chi connectivity index (χ0) is 15.2. The van der Waals surface area contributed by atoms with E-state index < -0.39 is 0 Å². The van der Waals surface area contributed by atoms with Gasteiger partial charge < -0.3 is 15.4 Å². The van der Waals surface area contributed by atoms with E-state index in [2.05, 4.69) is 22.2 Å². The molecule has 1 heterocycles. The molecule has 0 amide bonds. The number of aromatic nitrogens is 1. The summed E-state index contributed by atoms with van der Waals surface area (Å²) < 4.78 is 5.88. The SMILES string of the molecule is C=CCNC(=S)Nc1nc2ccc(C(=O)OCC)cc2s1. The number of hydrogen-bond acceptors (Lipinski definition) is 5. The quantitative estimate of drug-likeness (QED) is 0.501. The molecule has 2 N–H and O–H groups in total. The van der Waals surface area contributed by atoms with Crippen molar-refractivity contribution in [1.82, 2.24) is 10.3 Å². The molecular weight excluding hydrogens is 306 g/mol. The summed E-state index contributed by atoms with van der Waals surface area (Å²) in [4.78, 5) is 16.1. The van der Waals surface area contributed by atoms with Crippen molar-refractivity contribution in [2.75, 3.05) is 18.5 Å². The van der Waals surface area contributed by atoms with Crippen molar-refractivity contribution in [3.63, 3.8) is 0 Å². The van der Waals surface area contributed by atoms with Crippen molar-refractivity contribution in [1.29, 1.82) is 0 Å². The largest absolute Gasteiger partial charge is 0.462 e. The highest BCUT2D eigenvalue weighted by Gasteiger charge is 2.10. The van der Waals surface area contributed by atoms with Crippen molar-refractivity contribution >= 4 is 50.0 Å². The number of anilines is 1. The number of carbonyl (C=O) groups excluding carboxylic acids is 1. The number of thiazole rings is 1. The van der Waals surface area contributed by atoms with Gasteiger partial charge in [-0.3, -0.25) is 0 Å². The Balaban J connectivity index is 2.16. The Hall–Kier alpha value is -1.99. The van der Waals surface area contributed by atoms with Crippen LogP contribution in [0.5, 0.6) is 0 Å². The Labute approximate surface area is 132 Å². The number of benzene rings is 1. The average molecular weight is 321 g/mol. The van der Waals surface area contributed by atoms with E-state index in [-0.39, 0.29) is 5.97 Å². The number of nitrogens with one attached hydrogen (secondary N) is 2. The lowest BCUT2D eigenvalue weighted by Crippen LogP contribution is -2.28. The van der Waals surface area contributed by atoms with Crippen LogP contribution in [0.4, 0.5) is 5.13 Å². The molecular formula is C14H15N3O2S2. The number of nitrogens with zero attached hydrogens (tertiary/aromatic N) is 1. The maximum Gasteiger partial charge on any atom is 0.338 e. The van der Waals surface area contributed by atoms with E-state index in [1.165, 1.54) is 11.3 Å². The van der Waals surface area contributed by atoms with Crippen molar-refractivity contribution < 1.29 is 9.53 Å². The zero-order valence-corrected chi connectivity index (χ0v) is 13.1. The Morgan fingerprint density at radius 2 is 2.38 bits per heavy atom. The van der Waals surface area contributed by atoms with Gasteiger partial charge in [-0.2, -0.15) is 0 Å². The lowest BCUT2D eigenvalue weighted by atomic mass is 10.2. The first kappa shape index (κ1) is 15.4. The standard InChI is InChI=1S/C14H15N3O2S2/c1-3-7-15-13(20)17-14-16-10-6-5-9(8-11(10)21-14)12(18)19-4-2/h3,5-6,8H,1,4,7H2,2H3,(H2,15,16,17,20). The van der Waals surface area contributed by atoms with Crippen LogP contribution >= 0.6 is 23.6 Å². The van der Waals surface area contributed by atoms with Crippen LogP contribution in [0, 0.1) is 0 Å². The minimum atomic E-state index is -0.328. The molecule has 0 saturated carbocycles. The van der Waals surface area contributed by atoms with Crippen LogP contribution < -0.4 is 10.6 Å². The first-order valence-corrected chi connectivity index (χ1v) is 7.60. The number of thiocarbonyl (C=S) groups is 1. The maximum atomic E-state index is 11.7. The van der Waals surface area contributed by atoms with Crippen LogP contribution in [0.1, 0.15) is 17.3 Å². The van der Waals surface area contributed by atoms with Crippen molar-refractivity contribution in [3.8, 4) is 0 Å². The molecule has 0 aliphatic rings. The van der Waals surface area contributed by atoms with Crippen LogP contribution in [0.25, 0.3) is 10.2 Å². The Morgan fingerprint density at radius 3 is 3.10 bits per heavy atom. The highest BCUT2D eigenvalue weighted by molar-refractivity contribution is 7.80. The first-order chi connectivity index (χ1) is 10.1. The third-order valence-corrected chi connectivity index (χ3v) is 3.71. The monoisotopic (exact) mass is 321 g/mol. The van der Waals surface area contributed by atoms with E-state index in [4.69, 9.17) is 17.0 Å². The summed E-state index contributed by atoms with van der Waals surface area (Å²) in [6.07, 6.45) is 1.72.